The Hall–Kier alpha value is -2.48. The molecule has 26 heavy (non-hydrogen) atoms. The van der Waals surface area contributed by atoms with Crippen molar-refractivity contribution in [1.82, 2.24) is 4.90 Å². The molecule has 2 rings (SSSR count). The molecular weight excluding hydrogens is 340 g/mol. The third-order valence-corrected chi connectivity index (χ3v) is 4.44. The molecule has 0 bridgehead atoms. The lowest BCUT2D eigenvalue weighted by atomic mass is 9.90. The number of aliphatic carboxylic acids is 1. The Labute approximate surface area is 153 Å². The van der Waals surface area contributed by atoms with E-state index in [0.717, 1.165) is 6.42 Å². The second kappa shape index (κ2) is 8.75. The molecule has 1 fully saturated rings. The normalized spacial score (nSPS) is 19.3. The Morgan fingerprint density at radius 2 is 2.04 bits per heavy atom. The van der Waals surface area contributed by atoms with E-state index in [1.807, 2.05) is 0 Å². The highest BCUT2D eigenvalue weighted by Crippen LogP contribution is 2.32. The van der Waals surface area contributed by atoms with Crippen LogP contribution < -0.4 is 14.8 Å². The van der Waals surface area contributed by atoms with E-state index in [0.29, 0.717) is 43.4 Å². The standard InChI is InChI=1S/C18H26N2O6/c1-18(16(21)22)7-8-20(12-18)17(23)19-13-5-6-14(15(11-13)25-3)26-10-4-9-24-2/h5-6,11H,4,7-10,12H2,1-3H3,(H,19,23)(H,21,22). The minimum atomic E-state index is -0.894. The molecule has 144 valence electrons. The third-order valence-electron chi connectivity index (χ3n) is 4.44. The molecule has 1 aliphatic rings. The smallest absolute Gasteiger partial charge is 0.321 e. The molecule has 0 radical (unpaired) electrons. The molecule has 2 N–H and O–H groups in total. The number of carbonyl (C=O) groups is 2. The van der Waals surface area contributed by atoms with E-state index in [2.05, 4.69) is 5.32 Å². The van der Waals surface area contributed by atoms with Crippen LogP contribution in [0.1, 0.15) is 19.8 Å². The van der Waals surface area contributed by atoms with Crippen molar-refractivity contribution in [2.45, 2.75) is 19.8 Å². The Kier molecular flexibility index (Phi) is 6.68. The van der Waals surface area contributed by atoms with E-state index in [9.17, 15) is 14.7 Å². The number of benzene rings is 1. The monoisotopic (exact) mass is 366 g/mol. The van der Waals surface area contributed by atoms with E-state index < -0.39 is 11.4 Å². The number of nitrogens with one attached hydrogen (secondary N) is 1. The first-order valence-corrected chi connectivity index (χ1v) is 8.49. The lowest BCUT2D eigenvalue weighted by Gasteiger charge is -2.21. The van der Waals surface area contributed by atoms with Crippen molar-refractivity contribution < 1.29 is 28.9 Å². The number of anilines is 1. The van der Waals surface area contributed by atoms with Gasteiger partial charge in [0.1, 0.15) is 0 Å². The molecule has 0 saturated carbocycles. The SMILES string of the molecule is COCCCOc1ccc(NC(=O)N2CCC(C)(C(=O)O)C2)cc1OC. The number of hydrogen-bond acceptors (Lipinski definition) is 5. The number of carboxylic acids is 1. The summed E-state index contributed by atoms with van der Waals surface area (Å²) >= 11 is 0. The number of methoxy groups -OCH3 is 2. The summed E-state index contributed by atoms with van der Waals surface area (Å²) in [7, 11) is 3.17. The van der Waals surface area contributed by atoms with Gasteiger partial charge in [-0.1, -0.05) is 0 Å². The Bertz CT molecular complexity index is 651. The summed E-state index contributed by atoms with van der Waals surface area (Å²) in [5.74, 6) is 0.211. The largest absolute Gasteiger partial charge is 0.493 e. The van der Waals surface area contributed by atoms with Gasteiger partial charge in [0.15, 0.2) is 11.5 Å². The van der Waals surface area contributed by atoms with Gasteiger partial charge in [0, 0.05) is 45.0 Å². The van der Waals surface area contributed by atoms with Crippen LogP contribution in [0.15, 0.2) is 18.2 Å². The number of carboxylic acid groups (broad SMARTS) is 1. The van der Waals surface area contributed by atoms with Crippen molar-refractivity contribution in [2.75, 3.05) is 45.8 Å². The van der Waals surface area contributed by atoms with Gasteiger partial charge in [-0.05, 0) is 25.5 Å². The Morgan fingerprint density at radius 1 is 1.27 bits per heavy atom. The van der Waals surface area contributed by atoms with Gasteiger partial charge in [-0.15, -0.1) is 0 Å². The molecule has 1 aromatic carbocycles. The molecule has 1 aromatic rings. The zero-order valence-electron chi connectivity index (χ0n) is 15.4. The fraction of sp³-hybridized carbons (Fsp3) is 0.556. The molecule has 0 spiro atoms. The number of amides is 2. The van der Waals surface area contributed by atoms with E-state index in [4.69, 9.17) is 14.2 Å². The second-order valence-electron chi connectivity index (χ2n) is 6.53. The maximum Gasteiger partial charge on any atom is 0.321 e. The third kappa shape index (κ3) is 4.78. The first kappa shape index (κ1) is 19.8. The van der Waals surface area contributed by atoms with Crippen LogP contribution >= 0.6 is 0 Å². The van der Waals surface area contributed by atoms with E-state index in [-0.39, 0.29) is 12.6 Å². The summed E-state index contributed by atoms with van der Waals surface area (Å²) in [6.45, 7) is 3.36. The van der Waals surface area contributed by atoms with Gasteiger partial charge in [0.2, 0.25) is 0 Å². The fourth-order valence-electron chi connectivity index (χ4n) is 2.76. The lowest BCUT2D eigenvalue weighted by molar-refractivity contribution is -0.146. The van der Waals surface area contributed by atoms with Crippen molar-refractivity contribution in [3.63, 3.8) is 0 Å². The van der Waals surface area contributed by atoms with Crippen LogP contribution in [0.5, 0.6) is 11.5 Å². The highest BCUT2D eigenvalue weighted by atomic mass is 16.5. The van der Waals surface area contributed by atoms with Crippen LogP contribution in [-0.4, -0.2) is 62.5 Å². The first-order valence-electron chi connectivity index (χ1n) is 8.49. The van der Waals surface area contributed by atoms with Crippen LogP contribution in [0.4, 0.5) is 10.5 Å². The minimum absolute atomic E-state index is 0.187. The second-order valence-corrected chi connectivity index (χ2v) is 6.53. The summed E-state index contributed by atoms with van der Waals surface area (Å²) < 4.78 is 15.9. The van der Waals surface area contributed by atoms with Gasteiger partial charge in [-0.2, -0.15) is 0 Å². The highest BCUT2D eigenvalue weighted by Gasteiger charge is 2.42. The van der Waals surface area contributed by atoms with E-state index in [1.54, 1.807) is 32.2 Å². The van der Waals surface area contributed by atoms with Gasteiger partial charge in [0.05, 0.1) is 19.1 Å². The zero-order valence-corrected chi connectivity index (χ0v) is 15.4. The summed E-state index contributed by atoms with van der Waals surface area (Å²) in [5.41, 5.74) is -0.338. The van der Waals surface area contributed by atoms with Crippen LogP contribution in [0.3, 0.4) is 0 Å². The average molecular weight is 366 g/mol. The molecule has 0 aliphatic carbocycles. The molecule has 1 heterocycles. The topological polar surface area (TPSA) is 97.3 Å². The predicted octanol–water partition coefficient (Wildman–Crippen LogP) is 2.44. The quantitative estimate of drug-likeness (QED) is 0.686. The molecule has 8 nitrogen and oxygen atoms in total. The minimum Gasteiger partial charge on any atom is -0.493 e. The summed E-state index contributed by atoms with van der Waals surface area (Å²) in [4.78, 5) is 25.2. The van der Waals surface area contributed by atoms with Crippen LogP contribution in [0.25, 0.3) is 0 Å². The number of nitrogens with zero attached hydrogens (tertiary/aromatic N) is 1. The Morgan fingerprint density at radius 3 is 2.65 bits per heavy atom. The maximum atomic E-state index is 12.4. The van der Waals surface area contributed by atoms with Crippen molar-refractivity contribution >= 4 is 17.7 Å². The van der Waals surface area contributed by atoms with Gasteiger partial charge in [-0.3, -0.25) is 4.79 Å². The van der Waals surface area contributed by atoms with Crippen LogP contribution in [0, 0.1) is 5.41 Å². The Balaban J connectivity index is 1.97. The van der Waals surface area contributed by atoms with Crippen LogP contribution in [-0.2, 0) is 9.53 Å². The van der Waals surface area contributed by atoms with Gasteiger partial charge >= 0.3 is 12.0 Å². The first-order chi connectivity index (χ1) is 12.4. The number of ether oxygens (including phenoxy) is 3. The summed E-state index contributed by atoms with van der Waals surface area (Å²) in [6, 6.07) is 4.80. The summed E-state index contributed by atoms with van der Waals surface area (Å²) in [5, 5.41) is 12.0. The van der Waals surface area contributed by atoms with E-state index >= 15 is 0 Å². The van der Waals surface area contributed by atoms with Gasteiger partial charge in [-0.25, -0.2) is 4.79 Å². The average Bonchev–Trinajstić information content (AvgIpc) is 3.03. The van der Waals surface area contributed by atoms with Gasteiger partial charge < -0.3 is 29.5 Å². The van der Waals surface area contributed by atoms with Crippen molar-refractivity contribution in [3.8, 4) is 11.5 Å². The highest BCUT2D eigenvalue weighted by molar-refractivity contribution is 5.90. The number of rotatable bonds is 8. The maximum absolute atomic E-state index is 12.4. The van der Waals surface area contributed by atoms with E-state index in [1.165, 1.54) is 12.0 Å². The van der Waals surface area contributed by atoms with Crippen molar-refractivity contribution in [1.29, 1.82) is 0 Å². The lowest BCUT2D eigenvalue weighted by Crippen LogP contribution is -2.37. The van der Waals surface area contributed by atoms with Crippen LogP contribution in [0.2, 0.25) is 0 Å². The molecular formula is C18H26N2O6. The molecule has 1 unspecified atom stereocenters. The van der Waals surface area contributed by atoms with Crippen molar-refractivity contribution in [3.05, 3.63) is 18.2 Å². The van der Waals surface area contributed by atoms with Crippen molar-refractivity contribution in [2.24, 2.45) is 5.41 Å². The molecule has 0 aromatic heterocycles. The summed E-state index contributed by atoms with van der Waals surface area (Å²) in [6.07, 6.45) is 1.20. The zero-order chi connectivity index (χ0) is 19.2. The van der Waals surface area contributed by atoms with Gasteiger partial charge in [0.25, 0.3) is 0 Å². The molecule has 8 heteroatoms. The number of carbonyl (C=O) groups excluding carboxylic acids is 1. The molecule has 2 amide bonds. The number of urea groups is 1. The molecule has 1 atom stereocenters. The molecule has 1 aliphatic heterocycles. The predicted molar refractivity (Wildman–Crippen MR) is 95.9 cm³/mol. The molecule has 1 saturated heterocycles. The fourth-order valence-corrected chi connectivity index (χ4v) is 2.76. The number of likely N-dealkylation sites (tertiary alicyclic amines) is 1. The number of hydrogen-bond donors (Lipinski definition) is 2.